The van der Waals surface area contributed by atoms with E-state index in [1.54, 1.807) is 7.11 Å². The zero-order valence-corrected chi connectivity index (χ0v) is 13.4. The molecule has 2 aromatic carbocycles. The minimum absolute atomic E-state index is 0.0512. The van der Waals surface area contributed by atoms with E-state index in [0.717, 1.165) is 30.8 Å². The molecule has 3 rings (SSSR count). The van der Waals surface area contributed by atoms with Crippen molar-refractivity contribution in [1.82, 2.24) is 10.2 Å². The molecule has 120 valence electrons. The van der Waals surface area contributed by atoms with Crippen LogP contribution in [0.1, 0.15) is 16.7 Å². The van der Waals surface area contributed by atoms with Crippen LogP contribution >= 0.6 is 0 Å². The lowest BCUT2D eigenvalue weighted by Crippen LogP contribution is -2.39. The molecule has 1 amide bonds. The third kappa shape index (κ3) is 3.90. The van der Waals surface area contributed by atoms with Crippen molar-refractivity contribution >= 4 is 5.91 Å². The van der Waals surface area contributed by atoms with Gasteiger partial charge in [0.2, 0.25) is 5.91 Å². The van der Waals surface area contributed by atoms with Crippen molar-refractivity contribution in [3.05, 3.63) is 65.2 Å². The first-order valence-electron chi connectivity index (χ1n) is 7.94. The largest absolute Gasteiger partial charge is 0.496 e. The van der Waals surface area contributed by atoms with Gasteiger partial charge in [0.15, 0.2) is 0 Å². The fourth-order valence-electron chi connectivity index (χ4n) is 2.99. The molecule has 1 aliphatic heterocycles. The Kier molecular flexibility index (Phi) is 4.93. The summed E-state index contributed by atoms with van der Waals surface area (Å²) in [4.78, 5) is 14.4. The van der Waals surface area contributed by atoms with E-state index in [1.165, 1.54) is 11.1 Å². The van der Waals surface area contributed by atoms with Crippen LogP contribution in [0.4, 0.5) is 0 Å². The van der Waals surface area contributed by atoms with Gasteiger partial charge in [0, 0.05) is 25.2 Å². The molecule has 0 fully saturated rings. The number of benzene rings is 2. The number of fused-ring (bicyclic) bond motifs is 1. The summed E-state index contributed by atoms with van der Waals surface area (Å²) in [6.45, 7) is 2.70. The Balaban J connectivity index is 1.52. The van der Waals surface area contributed by atoms with E-state index in [9.17, 15) is 4.79 Å². The summed E-state index contributed by atoms with van der Waals surface area (Å²) in [5, 5.41) is 2.98. The number of para-hydroxylation sites is 1. The molecule has 1 aliphatic rings. The fraction of sp³-hybridized carbons (Fsp3) is 0.316. The van der Waals surface area contributed by atoms with Gasteiger partial charge in [0.25, 0.3) is 0 Å². The summed E-state index contributed by atoms with van der Waals surface area (Å²) < 4.78 is 5.30. The van der Waals surface area contributed by atoms with Crippen LogP contribution in [-0.4, -0.2) is 31.0 Å². The monoisotopic (exact) mass is 310 g/mol. The number of ether oxygens (including phenoxy) is 1. The van der Waals surface area contributed by atoms with Crippen LogP contribution in [0.2, 0.25) is 0 Å². The first-order chi connectivity index (χ1) is 11.3. The lowest BCUT2D eigenvalue weighted by Gasteiger charge is -2.28. The van der Waals surface area contributed by atoms with E-state index >= 15 is 0 Å². The number of methoxy groups -OCH3 is 1. The molecule has 0 atom stereocenters. The van der Waals surface area contributed by atoms with Crippen LogP contribution in [0, 0.1) is 0 Å². The number of hydrogen-bond acceptors (Lipinski definition) is 3. The predicted molar refractivity (Wildman–Crippen MR) is 90.3 cm³/mol. The standard InChI is InChI=1S/C19H22N2O2/c1-23-18-9-5-4-7-16(18)12-20-19(22)14-21-11-10-15-6-2-3-8-17(15)13-21/h2-9H,10-14H2,1H3,(H,20,22). The molecular weight excluding hydrogens is 288 g/mol. The zero-order chi connectivity index (χ0) is 16.1. The Morgan fingerprint density at radius 1 is 1.13 bits per heavy atom. The van der Waals surface area contributed by atoms with Gasteiger partial charge in [0.05, 0.1) is 13.7 Å². The van der Waals surface area contributed by atoms with Gasteiger partial charge in [0.1, 0.15) is 5.75 Å². The van der Waals surface area contributed by atoms with Crippen LogP contribution in [0.15, 0.2) is 48.5 Å². The van der Waals surface area contributed by atoms with E-state index in [-0.39, 0.29) is 5.91 Å². The maximum atomic E-state index is 12.2. The van der Waals surface area contributed by atoms with Gasteiger partial charge in [-0.2, -0.15) is 0 Å². The molecule has 0 bridgehead atoms. The number of nitrogens with zero attached hydrogens (tertiary/aromatic N) is 1. The summed E-state index contributed by atoms with van der Waals surface area (Å²) >= 11 is 0. The van der Waals surface area contributed by atoms with E-state index in [0.29, 0.717) is 13.1 Å². The molecule has 2 aromatic rings. The molecule has 4 heteroatoms. The quantitative estimate of drug-likeness (QED) is 0.922. The minimum Gasteiger partial charge on any atom is -0.496 e. The zero-order valence-electron chi connectivity index (χ0n) is 13.4. The first kappa shape index (κ1) is 15.6. The number of nitrogens with one attached hydrogen (secondary N) is 1. The van der Waals surface area contributed by atoms with E-state index in [2.05, 4.69) is 34.5 Å². The second kappa shape index (κ2) is 7.29. The lowest BCUT2D eigenvalue weighted by atomic mass is 10.00. The Bertz CT molecular complexity index is 685. The molecule has 4 nitrogen and oxygen atoms in total. The van der Waals surface area contributed by atoms with Gasteiger partial charge in [-0.1, -0.05) is 42.5 Å². The van der Waals surface area contributed by atoms with Crippen LogP contribution in [0.25, 0.3) is 0 Å². The first-order valence-corrected chi connectivity index (χ1v) is 7.94. The molecule has 0 saturated carbocycles. The van der Waals surface area contributed by atoms with E-state index < -0.39 is 0 Å². The lowest BCUT2D eigenvalue weighted by molar-refractivity contribution is -0.122. The van der Waals surface area contributed by atoms with E-state index in [4.69, 9.17) is 4.74 Å². The smallest absolute Gasteiger partial charge is 0.234 e. The van der Waals surface area contributed by atoms with Gasteiger partial charge in [-0.05, 0) is 23.6 Å². The van der Waals surface area contributed by atoms with Gasteiger partial charge in [-0.3, -0.25) is 9.69 Å². The minimum atomic E-state index is 0.0512. The number of hydrogen-bond donors (Lipinski definition) is 1. The highest BCUT2D eigenvalue weighted by atomic mass is 16.5. The Hall–Kier alpha value is -2.33. The SMILES string of the molecule is COc1ccccc1CNC(=O)CN1CCc2ccccc2C1. The third-order valence-corrected chi connectivity index (χ3v) is 4.25. The van der Waals surface area contributed by atoms with Gasteiger partial charge >= 0.3 is 0 Å². The maximum absolute atomic E-state index is 12.2. The number of carbonyl (C=O) groups is 1. The number of rotatable bonds is 5. The van der Waals surface area contributed by atoms with Crippen molar-refractivity contribution in [2.24, 2.45) is 0 Å². The van der Waals surface area contributed by atoms with Crippen molar-refractivity contribution in [2.75, 3.05) is 20.2 Å². The summed E-state index contributed by atoms with van der Waals surface area (Å²) in [5.41, 5.74) is 3.72. The summed E-state index contributed by atoms with van der Waals surface area (Å²) in [7, 11) is 1.64. The molecule has 0 aromatic heterocycles. The van der Waals surface area contributed by atoms with Gasteiger partial charge in [-0.15, -0.1) is 0 Å². The Morgan fingerprint density at radius 3 is 2.70 bits per heavy atom. The summed E-state index contributed by atoms with van der Waals surface area (Å²) in [6.07, 6.45) is 1.01. The summed E-state index contributed by atoms with van der Waals surface area (Å²) in [5.74, 6) is 0.856. The van der Waals surface area contributed by atoms with Crippen molar-refractivity contribution in [1.29, 1.82) is 0 Å². The normalized spacial score (nSPS) is 14.1. The van der Waals surface area contributed by atoms with E-state index in [1.807, 2.05) is 24.3 Å². The Morgan fingerprint density at radius 2 is 1.87 bits per heavy atom. The van der Waals surface area contributed by atoms with Crippen LogP contribution in [-0.2, 0) is 24.3 Å². The third-order valence-electron chi connectivity index (χ3n) is 4.25. The average Bonchev–Trinajstić information content (AvgIpc) is 2.60. The molecule has 0 unspecified atom stereocenters. The van der Waals surface area contributed by atoms with Crippen LogP contribution < -0.4 is 10.1 Å². The van der Waals surface area contributed by atoms with Crippen LogP contribution in [0.3, 0.4) is 0 Å². The van der Waals surface area contributed by atoms with Crippen LogP contribution in [0.5, 0.6) is 5.75 Å². The topological polar surface area (TPSA) is 41.6 Å². The van der Waals surface area contributed by atoms with Crippen molar-refractivity contribution in [2.45, 2.75) is 19.5 Å². The Labute approximate surface area is 137 Å². The van der Waals surface area contributed by atoms with Crippen molar-refractivity contribution in [3.8, 4) is 5.75 Å². The molecule has 1 N–H and O–H groups in total. The fourth-order valence-corrected chi connectivity index (χ4v) is 2.99. The number of amides is 1. The van der Waals surface area contributed by atoms with Crippen molar-refractivity contribution < 1.29 is 9.53 Å². The molecule has 1 heterocycles. The van der Waals surface area contributed by atoms with Gasteiger partial charge < -0.3 is 10.1 Å². The molecule has 0 aliphatic carbocycles. The predicted octanol–water partition coefficient (Wildman–Crippen LogP) is 2.37. The van der Waals surface area contributed by atoms with Gasteiger partial charge in [-0.25, -0.2) is 0 Å². The number of carbonyl (C=O) groups excluding carboxylic acids is 1. The highest BCUT2D eigenvalue weighted by molar-refractivity contribution is 5.78. The molecule has 0 spiro atoms. The molecule has 23 heavy (non-hydrogen) atoms. The highest BCUT2D eigenvalue weighted by Crippen LogP contribution is 2.18. The average molecular weight is 310 g/mol. The second-order valence-electron chi connectivity index (χ2n) is 5.82. The molecule has 0 saturated heterocycles. The highest BCUT2D eigenvalue weighted by Gasteiger charge is 2.17. The molecule has 0 radical (unpaired) electrons. The van der Waals surface area contributed by atoms with Crippen molar-refractivity contribution in [3.63, 3.8) is 0 Å². The molecular formula is C19H22N2O2. The summed E-state index contributed by atoms with van der Waals surface area (Å²) in [6, 6.07) is 16.2. The maximum Gasteiger partial charge on any atom is 0.234 e. The second-order valence-corrected chi connectivity index (χ2v) is 5.82.